The molecule has 4 nitrogen and oxygen atoms in total. The second kappa shape index (κ2) is 17.1. The number of unbranched alkanes of at least 4 members (excludes halogenated alkanes) is 4. The summed E-state index contributed by atoms with van der Waals surface area (Å²) in [5, 5.41) is 3.22. The molecule has 0 bridgehead atoms. The van der Waals surface area contributed by atoms with Gasteiger partial charge in [0.2, 0.25) is 5.78 Å². The fourth-order valence-electron chi connectivity index (χ4n) is 2.12. The third-order valence-corrected chi connectivity index (χ3v) is 3.34. The van der Waals surface area contributed by atoms with Crippen molar-refractivity contribution in [2.75, 3.05) is 13.1 Å². The molecule has 1 unspecified atom stereocenters. The van der Waals surface area contributed by atoms with Gasteiger partial charge in [-0.3, -0.25) is 9.59 Å². The van der Waals surface area contributed by atoms with Crippen LogP contribution in [0.2, 0.25) is 0 Å². The van der Waals surface area contributed by atoms with Crippen LogP contribution in [0.5, 0.6) is 0 Å². The first-order valence-corrected chi connectivity index (χ1v) is 7.97. The van der Waals surface area contributed by atoms with E-state index in [9.17, 15) is 9.59 Å². The maximum Gasteiger partial charge on any atom is 0.215 e. The molecule has 3 N–H and O–H groups in total. The summed E-state index contributed by atoms with van der Waals surface area (Å²) in [6, 6.07) is -0.299. The monoisotopic (exact) mass is 510 g/mol. The van der Waals surface area contributed by atoms with Crippen molar-refractivity contribution < 1.29 is 53.7 Å². The van der Waals surface area contributed by atoms with Crippen LogP contribution in [0.15, 0.2) is 0 Å². The summed E-state index contributed by atoms with van der Waals surface area (Å²) in [5.74, 6) is -0.473. The number of nitrogens with one attached hydrogen (secondary N) is 1. The van der Waals surface area contributed by atoms with Crippen molar-refractivity contribution in [3.05, 3.63) is 6.92 Å². The zero-order valence-electron chi connectivity index (χ0n) is 13.5. The average Bonchev–Trinajstić information content (AvgIpc) is 2.46. The molecule has 0 aliphatic carbocycles. The summed E-state index contributed by atoms with van der Waals surface area (Å²) >= 11 is 0. The number of carbonyl (C=O) groups excluding carboxylic acids is 2. The summed E-state index contributed by atoms with van der Waals surface area (Å²) < 4.78 is 0. The van der Waals surface area contributed by atoms with E-state index in [0.29, 0.717) is 13.0 Å². The quantitative estimate of drug-likeness (QED) is 0.214. The Bertz CT molecular complexity index is 273. The van der Waals surface area contributed by atoms with Gasteiger partial charge >= 0.3 is 0 Å². The van der Waals surface area contributed by atoms with Crippen LogP contribution in [0.3, 0.4) is 0 Å². The van der Waals surface area contributed by atoms with Gasteiger partial charge in [-0.25, -0.2) is 0 Å². The van der Waals surface area contributed by atoms with Gasteiger partial charge in [-0.2, -0.15) is 6.42 Å². The van der Waals surface area contributed by atoms with Crippen LogP contribution in [-0.4, -0.2) is 30.7 Å². The third-order valence-electron chi connectivity index (χ3n) is 3.34. The first kappa shape index (κ1) is 24.0. The molecular weight excluding hydrogens is 479 g/mol. The molecule has 1 atom stereocenters. The van der Waals surface area contributed by atoms with Crippen LogP contribution in [0.4, 0.5) is 0 Å². The van der Waals surface area contributed by atoms with Gasteiger partial charge < -0.3 is 18.0 Å². The van der Waals surface area contributed by atoms with Crippen LogP contribution < -0.4 is 11.1 Å². The van der Waals surface area contributed by atoms with Crippen molar-refractivity contribution in [1.82, 2.24) is 5.32 Å². The Morgan fingerprint density at radius 1 is 1.14 bits per heavy atom. The zero-order chi connectivity index (χ0) is 15.2. The van der Waals surface area contributed by atoms with Crippen molar-refractivity contribution in [2.24, 2.45) is 5.73 Å². The number of Topliss-reactive ketones (excluding diaryl/α,β-unsaturated/α-hetero) is 2. The van der Waals surface area contributed by atoms with Gasteiger partial charge in [0.25, 0.3) is 0 Å². The van der Waals surface area contributed by atoms with Gasteiger partial charge in [-0.1, -0.05) is 26.2 Å². The van der Waals surface area contributed by atoms with E-state index in [0.717, 1.165) is 57.9 Å². The van der Waals surface area contributed by atoms with E-state index in [1.807, 2.05) is 6.92 Å². The largest absolute Gasteiger partial charge is 0.343 e. The molecule has 0 aromatic carbocycles. The molecule has 0 aromatic heterocycles. The van der Waals surface area contributed by atoms with Crippen LogP contribution in [0.25, 0.3) is 0 Å². The number of ketones is 2. The van der Waals surface area contributed by atoms with Crippen LogP contribution >= 0.6 is 0 Å². The fourth-order valence-corrected chi connectivity index (χ4v) is 2.12. The van der Waals surface area contributed by atoms with E-state index in [-0.39, 0.29) is 61.7 Å². The van der Waals surface area contributed by atoms with Gasteiger partial charge in [-0.15, -0.1) is 0 Å². The Balaban J connectivity index is 0. The predicted octanol–water partition coefficient (Wildman–Crippen LogP) is 2.41. The molecule has 0 aromatic rings. The zero-order valence-corrected chi connectivity index (χ0v) is 18.3. The SMILES string of the molecule is [Ac].[CH2-]CCCCNC(CCC)C(=O)C(=O)CCCCCN. The second-order valence-corrected chi connectivity index (χ2v) is 5.24. The first-order valence-electron chi connectivity index (χ1n) is 7.97. The van der Waals surface area contributed by atoms with Crippen molar-refractivity contribution in [1.29, 1.82) is 0 Å². The van der Waals surface area contributed by atoms with E-state index in [2.05, 4.69) is 12.2 Å². The molecule has 0 aliphatic heterocycles. The standard InChI is InChI=1S/C16H31N2O2.Ac/c1-3-5-9-13-18-14(10-4-2)16(20)15(19)11-7-6-8-12-17;/h14,18H,1,3-13,17H2,2H3;/q-1;. The van der Waals surface area contributed by atoms with Gasteiger partial charge in [-0.05, 0) is 38.8 Å². The predicted molar refractivity (Wildman–Crippen MR) is 83.4 cm³/mol. The van der Waals surface area contributed by atoms with Gasteiger partial charge in [0.15, 0.2) is 5.78 Å². The van der Waals surface area contributed by atoms with Crippen molar-refractivity contribution in [2.45, 2.75) is 70.8 Å². The molecule has 0 rings (SSSR count). The Kier molecular flexibility index (Phi) is 19.5. The maximum absolute atomic E-state index is 12.1. The number of hydrogen-bond acceptors (Lipinski definition) is 4. The van der Waals surface area contributed by atoms with Crippen LogP contribution in [-0.2, 0) is 9.59 Å². The number of hydrogen-bond donors (Lipinski definition) is 2. The van der Waals surface area contributed by atoms with Crippen LogP contribution in [0.1, 0.15) is 64.7 Å². The normalized spacial score (nSPS) is 11.8. The van der Waals surface area contributed by atoms with Gasteiger partial charge in [0.05, 0.1) is 6.04 Å². The number of rotatable bonds is 14. The van der Waals surface area contributed by atoms with Crippen molar-refractivity contribution >= 4 is 11.6 Å². The maximum atomic E-state index is 12.1. The molecule has 5 heteroatoms. The first-order chi connectivity index (χ1) is 9.67. The molecule has 0 saturated carbocycles. The number of carbonyl (C=O) groups is 2. The minimum absolute atomic E-state index is 0. The Labute approximate surface area is 165 Å². The van der Waals surface area contributed by atoms with Gasteiger partial charge in [0.1, 0.15) is 0 Å². The Hall–Kier alpha value is 0.702. The summed E-state index contributed by atoms with van der Waals surface area (Å²) in [4.78, 5) is 24.0. The molecule has 21 heavy (non-hydrogen) atoms. The smallest absolute Gasteiger partial charge is 0.215 e. The fraction of sp³-hybridized carbons (Fsp3) is 0.812. The number of nitrogens with two attached hydrogens (primary N) is 1. The third kappa shape index (κ3) is 12.9. The molecule has 0 amide bonds. The average molecular weight is 510 g/mol. The molecule has 0 saturated heterocycles. The molecular formula is C16H31AcN2O2-. The van der Waals surface area contributed by atoms with E-state index < -0.39 is 0 Å². The topological polar surface area (TPSA) is 72.2 Å². The minimum Gasteiger partial charge on any atom is -0.343 e. The summed E-state index contributed by atoms with van der Waals surface area (Å²) in [5.41, 5.74) is 5.41. The molecule has 0 spiro atoms. The van der Waals surface area contributed by atoms with Crippen LogP contribution in [0, 0.1) is 51.0 Å². The Morgan fingerprint density at radius 2 is 1.86 bits per heavy atom. The summed E-state index contributed by atoms with van der Waals surface area (Å²) in [6.07, 6.45) is 7.57. The molecule has 121 valence electrons. The molecule has 0 heterocycles. The molecule has 1 radical (unpaired) electrons. The minimum atomic E-state index is -0.299. The summed E-state index contributed by atoms with van der Waals surface area (Å²) in [7, 11) is 0. The van der Waals surface area contributed by atoms with Gasteiger partial charge in [0, 0.05) is 50.5 Å². The van der Waals surface area contributed by atoms with Crippen molar-refractivity contribution in [3.8, 4) is 0 Å². The van der Waals surface area contributed by atoms with E-state index in [1.54, 1.807) is 0 Å². The molecule has 0 aliphatic rings. The molecule has 0 fully saturated rings. The Morgan fingerprint density at radius 3 is 2.43 bits per heavy atom. The second-order valence-electron chi connectivity index (χ2n) is 5.24. The van der Waals surface area contributed by atoms with E-state index in [4.69, 9.17) is 5.73 Å². The van der Waals surface area contributed by atoms with E-state index >= 15 is 0 Å². The van der Waals surface area contributed by atoms with Crippen molar-refractivity contribution in [3.63, 3.8) is 0 Å². The summed E-state index contributed by atoms with van der Waals surface area (Å²) in [6.45, 7) is 7.26. The van der Waals surface area contributed by atoms with E-state index in [1.165, 1.54) is 0 Å².